The maximum Gasteiger partial charge on any atom is 0.305 e. The predicted molar refractivity (Wildman–Crippen MR) is 148 cm³/mol. The molecule has 0 radical (unpaired) electrons. The van der Waals surface area contributed by atoms with Crippen LogP contribution in [0.15, 0.2) is 67.0 Å². The number of rotatable bonds is 11. The number of methoxy groups -OCH3 is 1. The number of hydrogen-bond donors (Lipinski definition) is 2. The lowest BCUT2D eigenvalue weighted by Crippen LogP contribution is -2.05. The van der Waals surface area contributed by atoms with E-state index in [0.29, 0.717) is 71.8 Å². The fraction of sp³-hybridized carbons (Fsp3) is 0.233. The summed E-state index contributed by atoms with van der Waals surface area (Å²) in [5, 5.41) is 4.28. The molecule has 5 aromatic rings. The number of hydrogen-bond acceptors (Lipinski definition) is 7. The van der Waals surface area contributed by atoms with Crippen LogP contribution in [0.3, 0.4) is 0 Å². The lowest BCUT2D eigenvalue weighted by molar-refractivity contribution is -0.140. The highest BCUT2D eigenvalue weighted by molar-refractivity contribution is 5.94. The predicted octanol–water partition coefficient (Wildman–Crippen LogP) is 6.60. The first-order valence-electron chi connectivity index (χ1n) is 12.7. The number of nitrogens with one attached hydrogen (secondary N) is 2. The third-order valence-corrected chi connectivity index (χ3v) is 6.32. The summed E-state index contributed by atoms with van der Waals surface area (Å²) in [6.45, 7) is 2.61. The molecule has 0 aliphatic carbocycles. The van der Waals surface area contributed by atoms with Gasteiger partial charge < -0.3 is 24.5 Å². The van der Waals surface area contributed by atoms with Crippen LogP contribution in [-0.2, 0) is 16.1 Å². The summed E-state index contributed by atoms with van der Waals surface area (Å²) in [6.07, 6.45) is 3.04. The van der Waals surface area contributed by atoms with Crippen LogP contribution >= 0.6 is 0 Å². The molecule has 0 saturated carbocycles. The first kappa shape index (κ1) is 26.0. The van der Waals surface area contributed by atoms with Gasteiger partial charge in [0.2, 0.25) is 0 Å². The highest BCUT2D eigenvalue weighted by Gasteiger charge is 2.16. The average molecular weight is 529 g/mol. The normalized spacial score (nSPS) is 11.1. The zero-order chi connectivity index (χ0) is 27.2. The van der Waals surface area contributed by atoms with E-state index in [1.54, 1.807) is 24.3 Å². The quantitative estimate of drug-likeness (QED) is 0.147. The number of aromatic nitrogens is 3. The van der Waals surface area contributed by atoms with Crippen molar-refractivity contribution in [3.05, 3.63) is 84.1 Å². The van der Waals surface area contributed by atoms with E-state index in [2.05, 4.69) is 20.3 Å². The van der Waals surface area contributed by atoms with Crippen molar-refractivity contribution in [3.8, 4) is 11.5 Å². The number of carbonyl (C=O) groups is 1. The molecule has 0 fully saturated rings. The molecule has 0 amide bonds. The summed E-state index contributed by atoms with van der Waals surface area (Å²) in [5.74, 6) is 0.857. The Morgan fingerprint density at radius 2 is 1.79 bits per heavy atom. The van der Waals surface area contributed by atoms with E-state index in [9.17, 15) is 4.79 Å². The Kier molecular flexibility index (Phi) is 7.86. The standard InChI is InChI=1S/C30H29FN4O4/c1-19-14-21-23(34-19)11-12-24(29(21)31)35-30-22-15-26(38-13-7-6-10-28(36)37-2)27(16-25(22)32-18-33-30)39-17-20-8-4-3-5-9-20/h3-5,8-9,11-12,14-16,18,34H,6-7,10,13,17H2,1-2H3,(H,32,33,35). The number of H-pyrrole nitrogens is 1. The summed E-state index contributed by atoms with van der Waals surface area (Å²) in [6, 6.07) is 18.7. The van der Waals surface area contributed by atoms with Crippen molar-refractivity contribution in [2.45, 2.75) is 32.8 Å². The van der Waals surface area contributed by atoms with Crippen molar-refractivity contribution in [1.29, 1.82) is 0 Å². The van der Waals surface area contributed by atoms with Gasteiger partial charge in [-0.1, -0.05) is 30.3 Å². The van der Waals surface area contributed by atoms with Crippen LogP contribution in [0.25, 0.3) is 21.8 Å². The molecule has 0 saturated heterocycles. The van der Waals surface area contributed by atoms with E-state index in [1.165, 1.54) is 13.4 Å². The molecule has 200 valence electrons. The van der Waals surface area contributed by atoms with Crippen LogP contribution in [0.5, 0.6) is 11.5 Å². The maximum absolute atomic E-state index is 15.3. The molecule has 8 nitrogen and oxygen atoms in total. The van der Waals surface area contributed by atoms with Crippen molar-refractivity contribution in [3.63, 3.8) is 0 Å². The summed E-state index contributed by atoms with van der Waals surface area (Å²) in [5.41, 5.74) is 3.54. The summed E-state index contributed by atoms with van der Waals surface area (Å²) < 4.78 is 32.2. The van der Waals surface area contributed by atoms with Crippen molar-refractivity contribution >= 4 is 39.3 Å². The summed E-state index contributed by atoms with van der Waals surface area (Å²) >= 11 is 0. The van der Waals surface area contributed by atoms with Crippen LogP contribution < -0.4 is 14.8 Å². The van der Waals surface area contributed by atoms with Crippen molar-refractivity contribution in [1.82, 2.24) is 15.0 Å². The van der Waals surface area contributed by atoms with Gasteiger partial charge in [-0.3, -0.25) is 4.79 Å². The van der Waals surface area contributed by atoms with Gasteiger partial charge in [-0.05, 0) is 49.6 Å². The lowest BCUT2D eigenvalue weighted by atomic mass is 10.1. The van der Waals surface area contributed by atoms with Gasteiger partial charge >= 0.3 is 5.97 Å². The molecule has 9 heteroatoms. The number of fused-ring (bicyclic) bond motifs is 2. The molecule has 0 aliphatic rings. The van der Waals surface area contributed by atoms with E-state index in [1.807, 2.05) is 43.3 Å². The minimum atomic E-state index is -0.367. The number of nitrogens with zero attached hydrogens (tertiary/aromatic N) is 2. The molecular formula is C30H29FN4O4. The highest BCUT2D eigenvalue weighted by Crippen LogP contribution is 2.36. The largest absolute Gasteiger partial charge is 0.490 e. The van der Waals surface area contributed by atoms with Crippen LogP contribution in [0, 0.1) is 12.7 Å². The second-order valence-electron chi connectivity index (χ2n) is 9.16. The number of carbonyl (C=O) groups excluding carboxylic acids is 1. The second kappa shape index (κ2) is 11.8. The number of benzene rings is 3. The fourth-order valence-corrected chi connectivity index (χ4v) is 4.31. The lowest BCUT2D eigenvalue weighted by Gasteiger charge is -2.16. The van der Waals surface area contributed by atoms with Gasteiger partial charge in [0.1, 0.15) is 18.8 Å². The molecule has 0 bridgehead atoms. The van der Waals surface area contributed by atoms with Crippen molar-refractivity contribution in [2.75, 3.05) is 19.0 Å². The van der Waals surface area contributed by atoms with Gasteiger partial charge in [-0.15, -0.1) is 0 Å². The first-order valence-corrected chi connectivity index (χ1v) is 12.7. The molecule has 2 aromatic heterocycles. The zero-order valence-corrected chi connectivity index (χ0v) is 21.8. The number of halogens is 1. The van der Waals surface area contributed by atoms with Gasteiger partial charge in [0, 0.05) is 34.5 Å². The van der Waals surface area contributed by atoms with Gasteiger partial charge in [0.15, 0.2) is 17.3 Å². The number of esters is 1. The number of aromatic amines is 1. The second-order valence-corrected chi connectivity index (χ2v) is 9.16. The zero-order valence-electron chi connectivity index (χ0n) is 21.8. The average Bonchev–Trinajstić information content (AvgIpc) is 3.35. The molecule has 2 heterocycles. The van der Waals surface area contributed by atoms with Gasteiger partial charge in [-0.2, -0.15) is 0 Å². The van der Waals surface area contributed by atoms with E-state index < -0.39 is 0 Å². The topological polar surface area (TPSA) is 98.4 Å². The van der Waals surface area contributed by atoms with E-state index in [4.69, 9.17) is 14.2 Å². The Labute approximate surface area is 225 Å². The first-order chi connectivity index (χ1) is 19.0. The monoisotopic (exact) mass is 528 g/mol. The van der Waals surface area contributed by atoms with Crippen molar-refractivity contribution < 1.29 is 23.4 Å². The molecular weight excluding hydrogens is 499 g/mol. The number of unbranched alkanes of at least 4 members (excludes halogenated alkanes) is 1. The maximum atomic E-state index is 15.3. The Bertz CT molecular complexity index is 1600. The Morgan fingerprint density at radius 1 is 0.974 bits per heavy atom. The van der Waals surface area contributed by atoms with Gasteiger partial charge in [0.25, 0.3) is 0 Å². The molecule has 39 heavy (non-hydrogen) atoms. The third kappa shape index (κ3) is 6.09. The summed E-state index contributed by atoms with van der Waals surface area (Å²) in [4.78, 5) is 23.4. The minimum absolute atomic E-state index is 0.249. The van der Waals surface area contributed by atoms with Crippen molar-refractivity contribution in [2.24, 2.45) is 0 Å². The molecule has 2 N–H and O–H groups in total. The number of anilines is 2. The molecule has 0 atom stereocenters. The summed E-state index contributed by atoms with van der Waals surface area (Å²) in [7, 11) is 1.38. The number of aryl methyl sites for hydroxylation is 1. The highest BCUT2D eigenvalue weighted by atomic mass is 19.1. The Balaban J connectivity index is 1.43. The molecule has 5 rings (SSSR count). The number of ether oxygens (including phenoxy) is 3. The van der Waals surface area contributed by atoms with Crippen LogP contribution in [0.1, 0.15) is 30.5 Å². The smallest absolute Gasteiger partial charge is 0.305 e. The van der Waals surface area contributed by atoms with Gasteiger partial charge in [0.05, 0.1) is 24.9 Å². The third-order valence-electron chi connectivity index (χ3n) is 6.32. The molecule has 3 aromatic carbocycles. The van der Waals surface area contributed by atoms with Crippen LogP contribution in [0.2, 0.25) is 0 Å². The Hall–Kier alpha value is -4.66. The van der Waals surface area contributed by atoms with Crippen LogP contribution in [0.4, 0.5) is 15.9 Å². The fourth-order valence-electron chi connectivity index (χ4n) is 4.31. The van der Waals surface area contributed by atoms with E-state index in [0.717, 1.165) is 16.8 Å². The van der Waals surface area contributed by atoms with Crippen LogP contribution in [-0.4, -0.2) is 34.6 Å². The Morgan fingerprint density at radius 3 is 2.62 bits per heavy atom. The van der Waals surface area contributed by atoms with Gasteiger partial charge in [-0.25, -0.2) is 14.4 Å². The molecule has 0 spiro atoms. The van der Waals surface area contributed by atoms with E-state index >= 15 is 4.39 Å². The molecule has 0 unspecified atom stereocenters. The van der Waals surface area contributed by atoms with E-state index in [-0.39, 0.29) is 11.8 Å². The minimum Gasteiger partial charge on any atom is -0.490 e. The molecule has 0 aliphatic heterocycles. The SMILES string of the molecule is COC(=O)CCCCOc1cc2c(Nc3ccc4[nH]c(C)cc4c3F)ncnc2cc1OCc1ccccc1.